The van der Waals surface area contributed by atoms with Crippen molar-refractivity contribution in [2.24, 2.45) is 5.92 Å². The second-order valence-corrected chi connectivity index (χ2v) is 13.6. The van der Waals surface area contributed by atoms with Gasteiger partial charge in [-0.3, -0.25) is 13.9 Å². The summed E-state index contributed by atoms with van der Waals surface area (Å²) < 4.78 is 43.5. The maximum atomic E-state index is 14.4. The molecular weight excluding hydrogens is 645 g/mol. The molecule has 1 N–H and O–H groups in total. The number of amides is 2. The molecule has 230 valence electrons. The van der Waals surface area contributed by atoms with Crippen molar-refractivity contribution in [3.63, 3.8) is 0 Å². The number of sulfonamides is 1. The molecule has 0 spiro atoms. The van der Waals surface area contributed by atoms with E-state index in [2.05, 4.69) is 21.2 Å². The molecule has 0 saturated heterocycles. The SMILES string of the molecule is CC(C)CNC(=O)[C@@H](Cc1ccccc1)N(Cc1ccc(Br)cc1)C(=O)CN(c1ccc(F)cc1)S(=O)(=O)c1ccccc1. The van der Waals surface area contributed by atoms with Crippen LogP contribution in [0.15, 0.2) is 119 Å². The minimum absolute atomic E-state index is 0.0212. The Hall–Kier alpha value is -4.02. The quantitative estimate of drug-likeness (QED) is 0.182. The van der Waals surface area contributed by atoms with Crippen LogP contribution >= 0.6 is 15.9 Å². The summed E-state index contributed by atoms with van der Waals surface area (Å²) in [4.78, 5) is 29.6. The van der Waals surface area contributed by atoms with Crippen LogP contribution in [0.5, 0.6) is 0 Å². The fourth-order valence-corrected chi connectivity index (χ4v) is 6.32. The van der Waals surface area contributed by atoms with Gasteiger partial charge in [-0.05, 0) is 65.6 Å². The van der Waals surface area contributed by atoms with Crippen molar-refractivity contribution in [2.75, 3.05) is 17.4 Å². The first-order valence-electron chi connectivity index (χ1n) is 14.2. The van der Waals surface area contributed by atoms with Gasteiger partial charge in [0.1, 0.15) is 18.4 Å². The Kier molecular flexibility index (Phi) is 11.3. The number of rotatable bonds is 13. The van der Waals surface area contributed by atoms with Crippen molar-refractivity contribution in [3.05, 3.63) is 131 Å². The van der Waals surface area contributed by atoms with Gasteiger partial charge in [0, 0.05) is 24.0 Å². The Morgan fingerprint density at radius 3 is 2.00 bits per heavy atom. The van der Waals surface area contributed by atoms with Gasteiger partial charge in [0.2, 0.25) is 11.8 Å². The second-order valence-electron chi connectivity index (χ2n) is 10.8. The fraction of sp³-hybridized carbons (Fsp3) is 0.235. The van der Waals surface area contributed by atoms with E-state index in [4.69, 9.17) is 0 Å². The summed E-state index contributed by atoms with van der Waals surface area (Å²) in [7, 11) is -4.24. The summed E-state index contributed by atoms with van der Waals surface area (Å²) in [5.41, 5.74) is 1.73. The standard InChI is InChI=1S/C34H35BrFN3O4S/c1-25(2)22-37-34(41)32(21-26-9-5-3-6-10-26)38(23-27-13-15-28(35)16-14-27)33(40)24-39(30-19-17-29(36)18-20-30)44(42,43)31-11-7-4-8-12-31/h3-20,25,32H,21-24H2,1-2H3,(H,37,41)/t32-/m1/s1. The zero-order chi connectivity index (χ0) is 31.7. The predicted octanol–water partition coefficient (Wildman–Crippen LogP) is 6.20. The first kappa shape index (κ1) is 32.9. The monoisotopic (exact) mass is 679 g/mol. The van der Waals surface area contributed by atoms with Crippen LogP contribution in [0.25, 0.3) is 0 Å². The molecule has 0 aliphatic rings. The number of benzene rings is 4. The third kappa shape index (κ3) is 8.76. The highest BCUT2D eigenvalue weighted by molar-refractivity contribution is 9.10. The molecule has 0 aliphatic carbocycles. The van der Waals surface area contributed by atoms with Crippen LogP contribution in [-0.2, 0) is 32.6 Å². The predicted molar refractivity (Wildman–Crippen MR) is 174 cm³/mol. The third-order valence-corrected chi connectivity index (χ3v) is 9.26. The molecule has 0 bridgehead atoms. The molecule has 0 saturated carbocycles. The molecule has 0 fully saturated rings. The van der Waals surface area contributed by atoms with Gasteiger partial charge in [0.15, 0.2) is 0 Å². The Balaban J connectivity index is 1.78. The highest BCUT2D eigenvalue weighted by Crippen LogP contribution is 2.25. The normalized spacial score (nSPS) is 12.0. The van der Waals surface area contributed by atoms with Crippen molar-refractivity contribution in [1.29, 1.82) is 0 Å². The van der Waals surface area contributed by atoms with Crippen molar-refractivity contribution >= 4 is 43.5 Å². The van der Waals surface area contributed by atoms with E-state index in [9.17, 15) is 22.4 Å². The van der Waals surface area contributed by atoms with E-state index in [-0.39, 0.29) is 35.4 Å². The summed E-state index contributed by atoms with van der Waals surface area (Å²) >= 11 is 3.43. The summed E-state index contributed by atoms with van der Waals surface area (Å²) in [5, 5.41) is 2.97. The third-order valence-electron chi connectivity index (χ3n) is 6.95. The van der Waals surface area contributed by atoms with Crippen molar-refractivity contribution in [2.45, 2.75) is 37.8 Å². The number of halogens is 2. The van der Waals surface area contributed by atoms with Crippen molar-refractivity contribution in [1.82, 2.24) is 10.2 Å². The minimum atomic E-state index is -4.24. The lowest BCUT2D eigenvalue weighted by Crippen LogP contribution is -2.53. The van der Waals surface area contributed by atoms with Crippen LogP contribution in [0.1, 0.15) is 25.0 Å². The smallest absolute Gasteiger partial charge is 0.264 e. The Bertz CT molecular complexity index is 1640. The molecule has 4 aromatic carbocycles. The van der Waals surface area contributed by atoms with Crippen LogP contribution in [0.4, 0.5) is 10.1 Å². The number of hydrogen-bond acceptors (Lipinski definition) is 4. The van der Waals surface area contributed by atoms with Crippen molar-refractivity contribution in [3.8, 4) is 0 Å². The van der Waals surface area contributed by atoms with Gasteiger partial charge in [-0.1, -0.05) is 90.4 Å². The molecule has 2 amide bonds. The molecule has 44 heavy (non-hydrogen) atoms. The Labute approximate surface area is 266 Å². The largest absolute Gasteiger partial charge is 0.354 e. The molecule has 0 heterocycles. The van der Waals surface area contributed by atoms with E-state index in [0.717, 1.165) is 32.0 Å². The maximum Gasteiger partial charge on any atom is 0.264 e. The molecule has 7 nitrogen and oxygen atoms in total. The average molecular weight is 681 g/mol. The molecule has 0 aliphatic heterocycles. The van der Waals surface area contributed by atoms with Crippen LogP contribution < -0.4 is 9.62 Å². The van der Waals surface area contributed by atoms with Crippen LogP contribution in [-0.4, -0.2) is 44.3 Å². The topological polar surface area (TPSA) is 86.8 Å². The zero-order valence-corrected chi connectivity index (χ0v) is 27.0. The zero-order valence-electron chi connectivity index (χ0n) is 24.6. The summed E-state index contributed by atoms with van der Waals surface area (Å²) in [5.74, 6) is -1.29. The first-order valence-corrected chi connectivity index (χ1v) is 16.5. The molecular formula is C34H35BrFN3O4S. The molecule has 4 aromatic rings. The number of carbonyl (C=O) groups excluding carboxylic acids is 2. The van der Waals surface area contributed by atoms with Gasteiger partial charge in [0.05, 0.1) is 10.6 Å². The van der Waals surface area contributed by atoms with Crippen LogP contribution in [0.3, 0.4) is 0 Å². The lowest BCUT2D eigenvalue weighted by Gasteiger charge is -2.34. The Morgan fingerprint density at radius 1 is 0.818 bits per heavy atom. The summed E-state index contributed by atoms with van der Waals surface area (Å²) in [6.45, 7) is 3.82. The maximum absolute atomic E-state index is 14.4. The number of nitrogens with one attached hydrogen (secondary N) is 1. The highest BCUT2D eigenvalue weighted by atomic mass is 79.9. The highest BCUT2D eigenvalue weighted by Gasteiger charge is 2.34. The van der Waals surface area contributed by atoms with Crippen molar-refractivity contribution < 1.29 is 22.4 Å². The van der Waals surface area contributed by atoms with E-state index in [1.807, 2.05) is 68.4 Å². The number of anilines is 1. The average Bonchev–Trinajstić information content (AvgIpc) is 3.02. The molecule has 1 atom stereocenters. The van der Waals surface area contributed by atoms with Crippen LogP contribution in [0.2, 0.25) is 0 Å². The Morgan fingerprint density at radius 2 is 1.41 bits per heavy atom. The number of hydrogen-bond donors (Lipinski definition) is 1. The van der Waals surface area contributed by atoms with Gasteiger partial charge < -0.3 is 10.2 Å². The molecule has 0 aromatic heterocycles. The van der Waals surface area contributed by atoms with E-state index in [0.29, 0.717) is 6.54 Å². The first-order chi connectivity index (χ1) is 21.0. The van der Waals surface area contributed by atoms with E-state index in [1.165, 1.54) is 29.2 Å². The summed E-state index contributed by atoms with van der Waals surface area (Å²) in [6.07, 6.45) is 0.217. The lowest BCUT2D eigenvalue weighted by atomic mass is 10.0. The van der Waals surface area contributed by atoms with E-state index >= 15 is 0 Å². The number of carbonyl (C=O) groups is 2. The van der Waals surface area contributed by atoms with E-state index in [1.54, 1.807) is 18.2 Å². The van der Waals surface area contributed by atoms with Gasteiger partial charge >= 0.3 is 0 Å². The second kappa shape index (κ2) is 15.1. The van der Waals surface area contributed by atoms with Gasteiger partial charge in [0.25, 0.3) is 10.0 Å². The summed E-state index contributed by atoms with van der Waals surface area (Å²) in [6, 6.07) is 28.5. The number of nitrogens with zero attached hydrogens (tertiary/aromatic N) is 2. The molecule has 0 radical (unpaired) electrons. The molecule has 0 unspecified atom stereocenters. The lowest BCUT2D eigenvalue weighted by molar-refractivity contribution is -0.140. The van der Waals surface area contributed by atoms with Crippen LogP contribution in [0, 0.1) is 11.7 Å². The van der Waals surface area contributed by atoms with E-state index < -0.39 is 34.3 Å². The molecule has 10 heteroatoms. The van der Waals surface area contributed by atoms with Gasteiger partial charge in [-0.15, -0.1) is 0 Å². The van der Waals surface area contributed by atoms with Gasteiger partial charge in [-0.2, -0.15) is 0 Å². The molecule has 4 rings (SSSR count). The van der Waals surface area contributed by atoms with Gasteiger partial charge in [-0.25, -0.2) is 12.8 Å². The minimum Gasteiger partial charge on any atom is -0.354 e. The fourth-order valence-electron chi connectivity index (χ4n) is 4.62.